The standard InChI is InChI=1S/C33H34Cl2F3N3O5/c1-5-7-27(45-33(36,37)38)8-6-16-41-29(21-28(40-41)24-18-25(34)20-26(35)19-24)44-17-14-22-9-11-23(12-10-22)31(43)39-15-13-30(42)46-32(2,3)4/h5-12,16,18-21H,13-15,17H2,1-4H3,(H,39,43)/b7-5-,16-6+,27-8+. The predicted molar refractivity (Wildman–Crippen MR) is 171 cm³/mol. The van der Waals surface area contributed by atoms with E-state index in [0.717, 1.165) is 11.6 Å². The van der Waals surface area contributed by atoms with Crippen LogP contribution in [0, 0.1) is 0 Å². The van der Waals surface area contributed by atoms with Gasteiger partial charge in [-0.1, -0.05) is 41.4 Å². The van der Waals surface area contributed by atoms with Crippen LogP contribution in [-0.2, 0) is 20.7 Å². The van der Waals surface area contributed by atoms with Gasteiger partial charge in [0, 0.05) is 46.4 Å². The van der Waals surface area contributed by atoms with E-state index in [1.54, 1.807) is 76.2 Å². The number of carbonyl (C=O) groups is 2. The Morgan fingerprint density at radius 2 is 1.67 bits per heavy atom. The van der Waals surface area contributed by atoms with E-state index in [0.29, 0.717) is 39.2 Å². The van der Waals surface area contributed by atoms with Gasteiger partial charge in [0.05, 0.1) is 18.7 Å². The van der Waals surface area contributed by atoms with Gasteiger partial charge in [0.1, 0.15) is 11.4 Å². The third kappa shape index (κ3) is 12.6. The van der Waals surface area contributed by atoms with Crippen LogP contribution in [0.3, 0.4) is 0 Å². The third-order valence-electron chi connectivity index (χ3n) is 5.80. The molecule has 0 unspecified atom stereocenters. The number of allylic oxidation sites excluding steroid dienone is 4. The lowest BCUT2D eigenvalue weighted by Gasteiger charge is -2.19. The Kier molecular flexibility index (Phi) is 12.9. The lowest BCUT2D eigenvalue weighted by atomic mass is 10.1. The van der Waals surface area contributed by atoms with E-state index in [1.807, 2.05) is 0 Å². The molecule has 3 aromatic rings. The van der Waals surface area contributed by atoms with Crippen LogP contribution in [0.1, 0.15) is 50.0 Å². The van der Waals surface area contributed by atoms with Gasteiger partial charge < -0.3 is 19.5 Å². The molecule has 0 saturated carbocycles. The number of esters is 1. The number of halogens is 5. The second-order valence-corrected chi connectivity index (χ2v) is 11.7. The fraction of sp³-hybridized carbons (Fsp3) is 0.303. The van der Waals surface area contributed by atoms with E-state index >= 15 is 0 Å². The molecule has 0 fully saturated rings. The number of ether oxygens (including phenoxy) is 3. The highest BCUT2D eigenvalue weighted by Gasteiger charge is 2.31. The molecule has 0 aliphatic carbocycles. The zero-order valence-electron chi connectivity index (χ0n) is 25.7. The molecule has 0 spiro atoms. The monoisotopic (exact) mass is 679 g/mol. The number of aromatic nitrogens is 2. The van der Waals surface area contributed by atoms with Crippen molar-refractivity contribution in [3.63, 3.8) is 0 Å². The molecule has 13 heteroatoms. The van der Waals surface area contributed by atoms with Gasteiger partial charge in [-0.2, -0.15) is 5.10 Å². The van der Waals surface area contributed by atoms with Gasteiger partial charge in [0.25, 0.3) is 5.91 Å². The molecule has 0 bridgehead atoms. The van der Waals surface area contributed by atoms with E-state index in [2.05, 4.69) is 15.2 Å². The maximum absolute atomic E-state index is 12.7. The van der Waals surface area contributed by atoms with Crippen LogP contribution < -0.4 is 10.1 Å². The number of amides is 1. The molecule has 2 aromatic carbocycles. The summed E-state index contributed by atoms with van der Waals surface area (Å²) in [6.07, 6.45) is 2.18. The largest absolute Gasteiger partial charge is 0.573 e. The molecule has 0 aliphatic heterocycles. The van der Waals surface area contributed by atoms with Crippen molar-refractivity contribution in [1.82, 2.24) is 15.1 Å². The molecule has 1 N–H and O–H groups in total. The Labute approximate surface area is 275 Å². The number of hydrogen-bond acceptors (Lipinski definition) is 6. The summed E-state index contributed by atoms with van der Waals surface area (Å²) < 4.78 is 54.8. The molecule has 46 heavy (non-hydrogen) atoms. The molecule has 1 heterocycles. The number of hydrogen-bond donors (Lipinski definition) is 1. The molecular formula is C33H34Cl2F3N3O5. The zero-order chi connectivity index (χ0) is 33.9. The quantitative estimate of drug-likeness (QED) is 0.111. The molecule has 8 nitrogen and oxygen atoms in total. The summed E-state index contributed by atoms with van der Waals surface area (Å²) >= 11 is 12.3. The van der Waals surface area contributed by atoms with Crippen LogP contribution in [-0.4, -0.2) is 46.8 Å². The van der Waals surface area contributed by atoms with Crippen molar-refractivity contribution in [3.8, 4) is 17.1 Å². The summed E-state index contributed by atoms with van der Waals surface area (Å²) in [6.45, 7) is 7.26. The number of benzene rings is 2. The van der Waals surface area contributed by atoms with Crippen molar-refractivity contribution < 1.29 is 37.0 Å². The second kappa shape index (κ2) is 16.4. The first-order valence-electron chi connectivity index (χ1n) is 14.2. The molecule has 0 radical (unpaired) electrons. The lowest BCUT2D eigenvalue weighted by molar-refractivity contribution is -0.303. The van der Waals surface area contributed by atoms with Crippen molar-refractivity contribution in [2.75, 3.05) is 13.2 Å². The highest BCUT2D eigenvalue weighted by molar-refractivity contribution is 6.35. The van der Waals surface area contributed by atoms with Crippen LogP contribution in [0.15, 0.2) is 78.6 Å². The van der Waals surface area contributed by atoms with E-state index in [4.69, 9.17) is 32.7 Å². The number of rotatable bonds is 13. The summed E-state index contributed by atoms with van der Waals surface area (Å²) in [4.78, 5) is 24.3. The van der Waals surface area contributed by atoms with Crippen molar-refractivity contribution in [1.29, 1.82) is 0 Å². The SMILES string of the molecule is C\C=C/C(=C\C=C\n1nc(-c2cc(Cl)cc(Cl)c2)cc1OCCc1ccc(C(=O)NCCC(=O)OC(C)(C)C)cc1)OC(F)(F)F. The number of nitrogens with one attached hydrogen (secondary N) is 1. The Bertz CT molecular complexity index is 1570. The van der Waals surface area contributed by atoms with E-state index in [-0.39, 0.29) is 25.5 Å². The van der Waals surface area contributed by atoms with E-state index in [9.17, 15) is 22.8 Å². The topological polar surface area (TPSA) is 91.7 Å². The minimum atomic E-state index is -4.85. The molecule has 0 aliphatic rings. The predicted octanol–water partition coefficient (Wildman–Crippen LogP) is 8.41. The second-order valence-electron chi connectivity index (χ2n) is 10.8. The maximum atomic E-state index is 12.7. The number of carbonyl (C=O) groups excluding carboxylic acids is 2. The first-order chi connectivity index (χ1) is 21.6. The summed E-state index contributed by atoms with van der Waals surface area (Å²) in [5.41, 5.74) is 1.81. The number of alkyl halides is 3. The van der Waals surface area contributed by atoms with Crippen molar-refractivity contribution in [3.05, 3.63) is 99.8 Å². The highest BCUT2D eigenvalue weighted by atomic mass is 35.5. The van der Waals surface area contributed by atoms with Gasteiger partial charge in [0.15, 0.2) is 0 Å². The average molecular weight is 681 g/mol. The first-order valence-corrected chi connectivity index (χ1v) is 14.9. The molecule has 1 amide bonds. The molecule has 0 saturated heterocycles. The van der Waals surface area contributed by atoms with E-state index in [1.165, 1.54) is 29.1 Å². The fourth-order valence-corrected chi connectivity index (χ4v) is 4.47. The molecule has 1 aromatic heterocycles. The Balaban J connectivity index is 1.68. The Morgan fingerprint density at radius 3 is 2.28 bits per heavy atom. The summed E-state index contributed by atoms with van der Waals surface area (Å²) in [5.74, 6) is -0.819. The van der Waals surface area contributed by atoms with Crippen LogP contribution in [0.2, 0.25) is 10.0 Å². The summed E-state index contributed by atoms with van der Waals surface area (Å²) in [7, 11) is 0. The van der Waals surface area contributed by atoms with Gasteiger partial charge in [0.2, 0.25) is 5.88 Å². The number of nitrogens with zero attached hydrogens (tertiary/aromatic N) is 2. The third-order valence-corrected chi connectivity index (χ3v) is 6.24. The fourth-order valence-electron chi connectivity index (χ4n) is 3.94. The van der Waals surface area contributed by atoms with Crippen LogP contribution >= 0.6 is 23.2 Å². The maximum Gasteiger partial charge on any atom is 0.573 e. The first kappa shape index (κ1) is 36.3. The van der Waals surface area contributed by atoms with Gasteiger partial charge >= 0.3 is 12.3 Å². The van der Waals surface area contributed by atoms with Crippen LogP contribution in [0.25, 0.3) is 17.5 Å². The van der Waals surface area contributed by atoms with Crippen LogP contribution in [0.4, 0.5) is 13.2 Å². The van der Waals surface area contributed by atoms with Gasteiger partial charge in [-0.05, 0) is 81.8 Å². The minimum absolute atomic E-state index is 0.0604. The molecule has 246 valence electrons. The van der Waals surface area contributed by atoms with Crippen molar-refractivity contribution >= 4 is 41.3 Å². The Hall–Kier alpha value is -4.22. The minimum Gasteiger partial charge on any atom is -0.477 e. The van der Waals surface area contributed by atoms with Gasteiger partial charge in [-0.25, -0.2) is 4.68 Å². The van der Waals surface area contributed by atoms with Crippen molar-refractivity contribution in [2.24, 2.45) is 0 Å². The highest BCUT2D eigenvalue weighted by Crippen LogP contribution is 2.29. The Morgan fingerprint density at radius 1 is 1.00 bits per heavy atom. The van der Waals surface area contributed by atoms with Crippen molar-refractivity contribution in [2.45, 2.75) is 52.5 Å². The lowest BCUT2D eigenvalue weighted by Crippen LogP contribution is -2.29. The van der Waals surface area contributed by atoms with Gasteiger partial charge in [-0.3, -0.25) is 9.59 Å². The summed E-state index contributed by atoms with van der Waals surface area (Å²) in [5, 5.41) is 8.00. The van der Waals surface area contributed by atoms with Gasteiger partial charge in [-0.15, -0.1) is 13.2 Å². The van der Waals surface area contributed by atoms with Crippen LogP contribution in [0.5, 0.6) is 5.88 Å². The smallest absolute Gasteiger partial charge is 0.477 e. The zero-order valence-corrected chi connectivity index (χ0v) is 27.2. The average Bonchev–Trinajstić information content (AvgIpc) is 3.34. The normalized spacial score (nSPS) is 12.5. The molecule has 0 atom stereocenters. The van der Waals surface area contributed by atoms with E-state index < -0.39 is 23.7 Å². The summed E-state index contributed by atoms with van der Waals surface area (Å²) in [6, 6.07) is 13.5. The molecule has 3 rings (SSSR count). The molecular weight excluding hydrogens is 646 g/mol.